The average Bonchev–Trinajstić information content (AvgIpc) is 2.31. The minimum absolute atomic E-state index is 0.0292. The predicted molar refractivity (Wildman–Crippen MR) is 56.7 cm³/mol. The Kier molecular flexibility index (Phi) is 3.72. The molecule has 0 aromatic heterocycles. The van der Waals surface area contributed by atoms with Gasteiger partial charge < -0.3 is 14.6 Å². The standard InChI is InChI=1S/C12H16O3/c13-6-5-10-3-1-2-4-11(10)12-9-14-7-8-15-12/h1-4,12-13H,5-9H2. The zero-order chi connectivity index (χ0) is 10.5. The molecule has 1 saturated heterocycles. The van der Waals surface area contributed by atoms with Gasteiger partial charge >= 0.3 is 0 Å². The fourth-order valence-electron chi connectivity index (χ4n) is 1.86. The van der Waals surface area contributed by atoms with Crippen LogP contribution in [0, 0.1) is 0 Å². The van der Waals surface area contributed by atoms with Gasteiger partial charge in [-0.05, 0) is 17.5 Å². The smallest absolute Gasteiger partial charge is 0.106 e. The first-order chi connectivity index (χ1) is 7.42. The Bertz CT molecular complexity index is 305. The van der Waals surface area contributed by atoms with Gasteiger partial charge in [-0.15, -0.1) is 0 Å². The summed E-state index contributed by atoms with van der Waals surface area (Å²) in [6.45, 7) is 2.11. The van der Waals surface area contributed by atoms with Crippen molar-refractivity contribution in [1.82, 2.24) is 0 Å². The molecule has 0 amide bonds. The maximum atomic E-state index is 8.97. The minimum Gasteiger partial charge on any atom is -0.396 e. The molecule has 1 aliphatic heterocycles. The summed E-state index contributed by atoms with van der Waals surface area (Å²) in [7, 11) is 0. The third-order valence-corrected chi connectivity index (χ3v) is 2.60. The molecule has 2 rings (SSSR count). The highest BCUT2D eigenvalue weighted by atomic mass is 16.6. The van der Waals surface area contributed by atoms with Crippen LogP contribution in [0.5, 0.6) is 0 Å². The van der Waals surface area contributed by atoms with Crippen LogP contribution in [0.25, 0.3) is 0 Å². The van der Waals surface area contributed by atoms with Crippen LogP contribution >= 0.6 is 0 Å². The summed E-state index contributed by atoms with van der Waals surface area (Å²) >= 11 is 0. The summed E-state index contributed by atoms with van der Waals surface area (Å²) in [5.41, 5.74) is 2.29. The Morgan fingerprint density at radius 3 is 2.87 bits per heavy atom. The van der Waals surface area contributed by atoms with Crippen LogP contribution in [0.15, 0.2) is 24.3 Å². The Morgan fingerprint density at radius 2 is 2.13 bits per heavy atom. The molecule has 1 fully saturated rings. The lowest BCUT2D eigenvalue weighted by atomic mass is 10.00. The summed E-state index contributed by atoms with van der Waals surface area (Å²) in [5, 5.41) is 8.97. The van der Waals surface area contributed by atoms with Gasteiger partial charge in [0.2, 0.25) is 0 Å². The van der Waals surface area contributed by atoms with Crippen LogP contribution in [0.2, 0.25) is 0 Å². The van der Waals surface area contributed by atoms with Gasteiger partial charge in [-0.1, -0.05) is 24.3 Å². The van der Waals surface area contributed by atoms with Crippen LogP contribution < -0.4 is 0 Å². The Labute approximate surface area is 89.6 Å². The van der Waals surface area contributed by atoms with E-state index in [4.69, 9.17) is 14.6 Å². The second kappa shape index (κ2) is 5.26. The number of hydrogen-bond acceptors (Lipinski definition) is 3. The topological polar surface area (TPSA) is 38.7 Å². The van der Waals surface area contributed by atoms with Crippen molar-refractivity contribution in [2.75, 3.05) is 26.4 Å². The number of ether oxygens (including phenoxy) is 2. The van der Waals surface area contributed by atoms with Gasteiger partial charge in [-0.25, -0.2) is 0 Å². The first-order valence-corrected chi connectivity index (χ1v) is 5.30. The fourth-order valence-corrected chi connectivity index (χ4v) is 1.86. The fraction of sp³-hybridized carbons (Fsp3) is 0.500. The molecule has 0 spiro atoms. The molecule has 15 heavy (non-hydrogen) atoms. The number of rotatable bonds is 3. The lowest BCUT2D eigenvalue weighted by molar-refractivity contribution is -0.0904. The molecule has 1 N–H and O–H groups in total. The Morgan fingerprint density at radius 1 is 1.27 bits per heavy atom. The van der Waals surface area contributed by atoms with Crippen molar-refractivity contribution in [2.45, 2.75) is 12.5 Å². The summed E-state index contributed by atoms with van der Waals surface area (Å²) < 4.78 is 11.0. The van der Waals surface area contributed by atoms with E-state index < -0.39 is 0 Å². The van der Waals surface area contributed by atoms with Crippen molar-refractivity contribution >= 4 is 0 Å². The van der Waals surface area contributed by atoms with E-state index in [0.717, 1.165) is 11.1 Å². The molecule has 3 heteroatoms. The van der Waals surface area contributed by atoms with Gasteiger partial charge in [0.25, 0.3) is 0 Å². The molecular formula is C12H16O3. The first-order valence-electron chi connectivity index (χ1n) is 5.30. The number of hydrogen-bond donors (Lipinski definition) is 1. The van der Waals surface area contributed by atoms with Gasteiger partial charge in [0.15, 0.2) is 0 Å². The quantitative estimate of drug-likeness (QED) is 0.814. The molecule has 0 aliphatic carbocycles. The zero-order valence-corrected chi connectivity index (χ0v) is 8.69. The molecule has 3 nitrogen and oxygen atoms in total. The molecule has 1 unspecified atom stereocenters. The number of aliphatic hydroxyl groups excluding tert-OH is 1. The lowest BCUT2D eigenvalue weighted by Gasteiger charge is -2.25. The van der Waals surface area contributed by atoms with Gasteiger partial charge in [0, 0.05) is 6.61 Å². The maximum absolute atomic E-state index is 8.97. The Balaban J connectivity index is 2.17. The average molecular weight is 208 g/mol. The van der Waals surface area contributed by atoms with Crippen LogP contribution in [0.3, 0.4) is 0 Å². The third-order valence-electron chi connectivity index (χ3n) is 2.60. The zero-order valence-electron chi connectivity index (χ0n) is 8.69. The van der Waals surface area contributed by atoms with Crippen molar-refractivity contribution in [3.63, 3.8) is 0 Å². The van der Waals surface area contributed by atoms with Gasteiger partial charge in [0.05, 0.1) is 19.8 Å². The van der Waals surface area contributed by atoms with E-state index in [1.165, 1.54) is 0 Å². The number of benzene rings is 1. The first kappa shape index (κ1) is 10.6. The van der Waals surface area contributed by atoms with E-state index in [-0.39, 0.29) is 12.7 Å². The van der Waals surface area contributed by atoms with E-state index in [9.17, 15) is 0 Å². The molecule has 1 aromatic rings. The van der Waals surface area contributed by atoms with E-state index >= 15 is 0 Å². The molecule has 0 bridgehead atoms. The van der Waals surface area contributed by atoms with Crippen molar-refractivity contribution < 1.29 is 14.6 Å². The Hall–Kier alpha value is -0.900. The summed E-state index contributed by atoms with van der Waals surface area (Å²) in [6.07, 6.45) is 0.706. The monoisotopic (exact) mass is 208 g/mol. The summed E-state index contributed by atoms with van der Waals surface area (Å²) in [6, 6.07) is 8.06. The number of aliphatic hydroxyl groups is 1. The van der Waals surface area contributed by atoms with Crippen molar-refractivity contribution in [1.29, 1.82) is 0 Å². The highest BCUT2D eigenvalue weighted by molar-refractivity contribution is 5.29. The second-order valence-corrected chi connectivity index (χ2v) is 3.61. The van der Waals surface area contributed by atoms with Crippen molar-refractivity contribution in [2.24, 2.45) is 0 Å². The van der Waals surface area contributed by atoms with E-state index in [1.807, 2.05) is 24.3 Å². The SMILES string of the molecule is OCCc1ccccc1C1COCCO1. The van der Waals surface area contributed by atoms with Crippen LogP contribution in [-0.2, 0) is 15.9 Å². The van der Waals surface area contributed by atoms with Crippen molar-refractivity contribution in [3.8, 4) is 0 Å². The van der Waals surface area contributed by atoms with Gasteiger partial charge in [-0.2, -0.15) is 0 Å². The van der Waals surface area contributed by atoms with E-state index in [0.29, 0.717) is 26.2 Å². The largest absolute Gasteiger partial charge is 0.396 e. The summed E-state index contributed by atoms with van der Waals surface area (Å²) in [5.74, 6) is 0. The van der Waals surface area contributed by atoms with Crippen LogP contribution in [0.4, 0.5) is 0 Å². The van der Waals surface area contributed by atoms with Crippen LogP contribution in [-0.4, -0.2) is 31.5 Å². The molecule has 1 atom stereocenters. The lowest BCUT2D eigenvalue weighted by Crippen LogP contribution is -2.23. The van der Waals surface area contributed by atoms with E-state index in [2.05, 4.69) is 0 Å². The molecule has 1 aliphatic rings. The predicted octanol–water partition coefficient (Wildman–Crippen LogP) is 1.31. The normalized spacial score (nSPS) is 21.5. The van der Waals surface area contributed by atoms with Crippen LogP contribution in [0.1, 0.15) is 17.2 Å². The van der Waals surface area contributed by atoms with E-state index in [1.54, 1.807) is 0 Å². The maximum Gasteiger partial charge on any atom is 0.106 e. The molecular weight excluding hydrogens is 192 g/mol. The second-order valence-electron chi connectivity index (χ2n) is 3.61. The van der Waals surface area contributed by atoms with Gasteiger partial charge in [-0.3, -0.25) is 0 Å². The molecule has 0 radical (unpaired) electrons. The minimum atomic E-state index is 0.0292. The third kappa shape index (κ3) is 2.56. The summed E-state index contributed by atoms with van der Waals surface area (Å²) in [4.78, 5) is 0. The highest BCUT2D eigenvalue weighted by Gasteiger charge is 2.18. The molecule has 1 aromatic carbocycles. The highest BCUT2D eigenvalue weighted by Crippen LogP contribution is 2.24. The van der Waals surface area contributed by atoms with Crippen molar-refractivity contribution in [3.05, 3.63) is 35.4 Å². The van der Waals surface area contributed by atoms with Gasteiger partial charge in [0.1, 0.15) is 6.10 Å². The molecule has 0 saturated carbocycles. The molecule has 1 heterocycles. The molecule has 82 valence electrons.